The van der Waals surface area contributed by atoms with Crippen LogP contribution < -0.4 is 11.1 Å². The summed E-state index contributed by atoms with van der Waals surface area (Å²) in [5.41, 5.74) is 5.81. The lowest BCUT2D eigenvalue weighted by Gasteiger charge is -2.06. The molecule has 0 radical (unpaired) electrons. The molecule has 1 aromatic carbocycles. The Labute approximate surface area is 99.6 Å². The third-order valence-electron chi connectivity index (χ3n) is 2.36. The smallest absolute Gasteiger partial charge is 0.254 e. The fourth-order valence-corrected chi connectivity index (χ4v) is 1.43. The van der Waals surface area contributed by atoms with E-state index in [1.54, 1.807) is 0 Å². The van der Waals surface area contributed by atoms with Crippen molar-refractivity contribution in [3.63, 3.8) is 0 Å². The highest BCUT2D eigenvalue weighted by molar-refractivity contribution is 5.95. The van der Waals surface area contributed by atoms with Crippen LogP contribution in [0.3, 0.4) is 0 Å². The van der Waals surface area contributed by atoms with E-state index in [9.17, 15) is 9.18 Å². The normalized spacial score (nSPS) is 10.2. The number of rotatable bonds is 6. The molecule has 0 bridgehead atoms. The van der Waals surface area contributed by atoms with Gasteiger partial charge in [-0.3, -0.25) is 4.79 Å². The first kappa shape index (κ1) is 13.4. The maximum Gasteiger partial charge on any atom is 0.254 e. The van der Waals surface area contributed by atoms with Gasteiger partial charge in [-0.1, -0.05) is 0 Å². The van der Waals surface area contributed by atoms with E-state index in [0.29, 0.717) is 18.7 Å². The van der Waals surface area contributed by atoms with Crippen molar-refractivity contribution >= 4 is 11.6 Å². The molecule has 4 nitrogen and oxygen atoms in total. The summed E-state index contributed by atoms with van der Waals surface area (Å²) in [7, 11) is 0. The van der Waals surface area contributed by atoms with Crippen LogP contribution in [0.25, 0.3) is 0 Å². The molecule has 0 saturated heterocycles. The molecule has 0 aliphatic carbocycles. The highest BCUT2D eigenvalue weighted by Crippen LogP contribution is 2.11. The molecule has 94 valence electrons. The predicted octanol–water partition coefficient (Wildman–Crippen LogP) is 1.30. The summed E-state index contributed by atoms with van der Waals surface area (Å²) in [5, 5.41) is 11.2. The minimum atomic E-state index is -0.577. The molecule has 0 saturated carbocycles. The van der Waals surface area contributed by atoms with Gasteiger partial charge >= 0.3 is 0 Å². The summed E-state index contributed by atoms with van der Waals surface area (Å²) in [6.45, 7) is 0.616. The number of amides is 1. The molecule has 1 rings (SSSR count). The lowest BCUT2D eigenvalue weighted by Crippen LogP contribution is -2.25. The minimum Gasteiger partial charge on any atom is -0.399 e. The van der Waals surface area contributed by atoms with Crippen LogP contribution in [0.4, 0.5) is 10.1 Å². The average molecular weight is 240 g/mol. The van der Waals surface area contributed by atoms with Gasteiger partial charge in [0.25, 0.3) is 5.91 Å². The van der Waals surface area contributed by atoms with Crippen LogP contribution in [0, 0.1) is 5.82 Å². The Balaban J connectivity index is 2.44. The maximum atomic E-state index is 13.3. The first-order chi connectivity index (χ1) is 8.15. The number of nitrogen functional groups attached to an aromatic ring is 1. The zero-order chi connectivity index (χ0) is 12.7. The second kappa shape index (κ2) is 6.85. The number of hydrogen-bond donors (Lipinski definition) is 3. The number of carbonyl (C=O) groups is 1. The van der Waals surface area contributed by atoms with Crippen LogP contribution in [-0.4, -0.2) is 24.2 Å². The molecule has 0 aliphatic heterocycles. The second-order valence-electron chi connectivity index (χ2n) is 3.78. The quantitative estimate of drug-likeness (QED) is 0.518. The molecule has 0 spiro atoms. The van der Waals surface area contributed by atoms with Gasteiger partial charge in [-0.2, -0.15) is 0 Å². The molecule has 0 aromatic heterocycles. The number of hydrogen-bond acceptors (Lipinski definition) is 3. The first-order valence-corrected chi connectivity index (χ1v) is 5.59. The number of aliphatic hydroxyl groups is 1. The molecule has 0 aliphatic rings. The molecule has 4 N–H and O–H groups in total. The Kier molecular flexibility index (Phi) is 5.42. The van der Waals surface area contributed by atoms with E-state index in [1.807, 2.05) is 0 Å². The van der Waals surface area contributed by atoms with Gasteiger partial charge in [0.05, 0.1) is 5.56 Å². The van der Waals surface area contributed by atoms with Gasteiger partial charge in [0, 0.05) is 18.8 Å². The molecule has 5 heteroatoms. The number of unbranched alkanes of at least 4 members (excludes halogenated alkanes) is 2. The molecule has 17 heavy (non-hydrogen) atoms. The summed E-state index contributed by atoms with van der Waals surface area (Å²) in [6, 6.07) is 3.90. The summed E-state index contributed by atoms with van der Waals surface area (Å²) in [6.07, 6.45) is 2.30. The average Bonchev–Trinajstić information content (AvgIpc) is 2.32. The van der Waals surface area contributed by atoms with Gasteiger partial charge in [-0.15, -0.1) is 0 Å². The molecular weight excluding hydrogens is 223 g/mol. The zero-order valence-corrected chi connectivity index (χ0v) is 9.58. The Morgan fingerprint density at radius 1 is 1.35 bits per heavy atom. The molecule has 1 aromatic rings. The minimum absolute atomic E-state index is 0.0350. The lowest BCUT2D eigenvalue weighted by atomic mass is 10.1. The van der Waals surface area contributed by atoms with Crippen LogP contribution in [0.2, 0.25) is 0 Å². The highest BCUT2D eigenvalue weighted by atomic mass is 19.1. The number of aliphatic hydroxyl groups excluding tert-OH is 1. The van der Waals surface area contributed by atoms with Gasteiger partial charge in [0.15, 0.2) is 0 Å². The zero-order valence-electron chi connectivity index (χ0n) is 9.58. The van der Waals surface area contributed by atoms with Crippen molar-refractivity contribution in [1.29, 1.82) is 0 Å². The molecular formula is C12H17FN2O2. The van der Waals surface area contributed by atoms with Crippen molar-refractivity contribution in [1.82, 2.24) is 5.32 Å². The van der Waals surface area contributed by atoms with Gasteiger partial charge in [0.2, 0.25) is 0 Å². The SMILES string of the molecule is Nc1ccc(F)c(C(=O)NCCCCCO)c1. The van der Waals surface area contributed by atoms with Crippen molar-refractivity contribution in [2.75, 3.05) is 18.9 Å². The maximum absolute atomic E-state index is 13.3. The van der Waals surface area contributed by atoms with Crippen LogP contribution in [0.15, 0.2) is 18.2 Å². The van der Waals surface area contributed by atoms with Crippen molar-refractivity contribution in [2.45, 2.75) is 19.3 Å². The Morgan fingerprint density at radius 3 is 2.82 bits per heavy atom. The molecule has 0 heterocycles. The van der Waals surface area contributed by atoms with Crippen LogP contribution in [0.1, 0.15) is 29.6 Å². The number of halogens is 1. The van der Waals surface area contributed by atoms with E-state index in [4.69, 9.17) is 10.8 Å². The summed E-state index contributed by atoms with van der Waals surface area (Å²) < 4.78 is 13.3. The van der Waals surface area contributed by atoms with Gasteiger partial charge in [-0.05, 0) is 37.5 Å². The van der Waals surface area contributed by atoms with E-state index in [-0.39, 0.29) is 12.2 Å². The lowest BCUT2D eigenvalue weighted by molar-refractivity contribution is 0.0949. The molecule has 0 fully saturated rings. The van der Waals surface area contributed by atoms with E-state index in [2.05, 4.69) is 5.32 Å². The summed E-state index contributed by atoms with van der Waals surface area (Å²) in [4.78, 5) is 11.6. The number of nitrogens with two attached hydrogens (primary N) is 1. The number of nitrogens with one attached hydrogen (secondary N) is 1. The second-order valence-corrected chi connectivity index (χ2v) is 3.78. The molecule has 1 amide bonds. The summed E-state index contributed by atoms with van der Waals surface area (Å²) in [5.74, 6) is -1.04. The van der Waals surface area contributed by atoms with Crippen LogP contribution in [0.5, 0.6) is 0 Å². The fourth-order valence-electron chi connectivity index (χ4n) is 1.43. The van der Waals surface area contributed by atoms with Crippen molar-refractivity contribution < 1.29 is 14.3 Å². The van der Waals surface area contributed by atoms with Crippen molar-refractivity contribution in [3.05, 3.63) is 29.6 Å². The largest absolute Gasteiger partial charge is 0.399 e. The van der Waals surface area contributed by atoms with E-state index < -0.39 is 11.7 Å². The third kappa shape index (κ3) is 4.40. The van der Waals surface area contributed by atoms with E-state index in [0.717, 1.165) is 12.8 Å². The van der Waals surface area contributed by atoms with E-state index >= 15 is 0 Å². The number of carbonyl (C=O) groups excluding carboxylic acids is 1. The van der Waals surface area contributed by atoms with E-state index in [1.165, 1.54) is 18.2 Å². The first-order valence-electron chi connectivity index (χ1n) is 5.59. The monoisotopic (exact) mass is 240 g/mol. The Bertz CT molecular complexity index is 383. The Morgan fingerprint density at radius 2 is 2.12 bits per heavy atom. The van der Waals surface area contributed by atoms with Crippen LogP contribution >= 0.6 is 0 Å². The molecule has 0 atom stereocenters. The highest BCUT2D eigenvalue weighted by Gasteiger charge is 2.10. The van der Waals surface area contributed by atoms with Crippen molar-refractivity contribution in [3.8, 4) is 0 Å². The topological polar surface area (TPSA) is 75.4 Å². The van der Waals surface area contributed by atoms with Gasteiger partial charge in [0.1, 0.15) is 5.82 Å². The fraction of sp³-hybridized carbons (Fsp3) is 0.417. The number of benzene rings is 1. The van der Waals surface area contributed by atoms with Gasteiger partial charge in [-0.25, -0.2) is 4.39 Å². The standard InChI is InChI=1S/C12H17FN2O2/c13-11-5-4-9(14)8-10(11)12(17)15-6-2-1-3-7-16/h4-5,8,16H,1-3,6-7,14H2,(H,15,17). The third-order valence-corrected chi connectivity index (χ3v) is 2.36. The van der Waals surface area contributed by atoms with Crippen molar-refractivity contribution in [2.24, 2.45) is 0 Å². The van der Waals surface area contributed by atoms with Gasteiger partial charge < -0.3 is 16.2 Å². The van der Waals surface area contributed by atoms with Crippen LogP contribution in [-0.2, 0) is 0 Å². The predicted molar refractivity (Wildman–Crippen MR) is 64.1 cm³/mol. The molecule has 0 unspecified atom stereocenters. The summed E-state index contributed by atoms with van der Waals surface area (Å²) >= 11 is 0. The Hall–Kier alpha value is -1.62. The number of anilines is 1.